The van der Waals surface area contributed by atoms with Gasteiger partial charge in [0.1, 0.15) is 11.5 Å². The average Bonchev–Trinajstić information content (AvgIpc) is 2.35. The Balaban J connectivity index is 3.18. The van der Waals surface area contributed by atoms with Crippen LogP contribution in [-0.4, -0.2) is 25.9 Å². The van der Waals surface area contributed by atoms with Crippen LogP contribution < -0.4 is 9.47 Å². The normalized spacial score (nSPS) is 11.8. The minimum absolute atomic E-state index is 0.0536. The van der Waals surface area contributed by atoms with E-state index >= 15 is 0 Å². The van der Waals surface area contributed by atoms with Gasteiger partial charge in [0.05, 0.1) is 20.8 Å². The molecule has 0 radical (unpaired) electrons. The van der Waals surface area contributed by atoms with Gasteiger partial charge >= 0.3 is 0 Å². The van der Waals surface area contributed by atoms with E-state index in [1.54, 1.807) is 14.2 Å². The quantitative estimate of drug-likeness (QED) is 0.854. The summed E-state index contributed by atoms with van der Waals surface area (Å²) in [6.07, 6.45) is 1.95. The SMILES string of the molecule is COc1ccc(OC)c(C=C(CO)C(C)C)c1. The predicted molar refractivity (Wildman–Crippen MR) is 69.4 cm³/mol. The lowest BCUT2D eigenvalue weighted by Gasteiger charge is -2.11. The number of ether oxygens (including phenoxy) is 2. The molecule has 94 valence electrons. The Labute approximate surface area is 103 Å². The predicted octanol–water partition coefficient (Wildman–Crippen LogP) is 2.74. The molecule has 0 atom stereocenters. The van der Waals surface area contributed by atoms with Crippen molar-refractivity contribution < 1.29 is 14.6 Å². The molecule has 0 spiro atoms. The number of hydrogen-bond donors (Lipinski definition) is 1. The van der Waals surface area contributed by atoms with Gasteiger partial charge in [-0.2, -0.15) is 0 Å². The van der Waals surface area contributed by atoms with Crippen molar-refractivity contribution in [2.24, 2.45) is 5.92 Å². The molecule has 0 bridgehead atoms. The highest BCUT2D eigenvalue weighted by Gasteiger charge is 2.06. The lowest BCUT2D eigenvalue weighted by molar-refractivity contribution is 0.320. The molecule has 0 aliphatic heterocycles. The second kappa shape index (κ2) is 6.30. The second-order valence-electron chi connectivity index (χ2n) is 4.14. The molecule has 0 saturated carbocycles. The van der Waals surface area contributed by atoms with Crippen LogP contribution in [0.4, 0.5) is 0 Å². The fourth-order valence-corrected chi connectivity index (χ4v) is 1.55. The third-order valence-corrected chi connectivity index (χ3v) is 2.70. The number of aliphatic hydroxyl groups excluding tert-OH is 1. The topological polar surface area (TPSA) is 38.7 Å². The molecule has 1 aromatic carbocycles. The molecule has 17 heavy (non-hydrogen) atoms. The van der Waals surface area contributed by atoms with E-state index in [9.17, 15) is 5.11 Å². The van der Waals surface area contributed by atoms with Crippen LogP contribution in [0.2, 0.25) is 0 Å². The summed E-state index contributed by atoms with van der Waals surface area (Å²) in [5.74, 6) is 1.85. The van der Waals surface area contributed by atoms with Gasteiger partial charge in [0.15, 0.2) is 0 Å². The van der Waals surface area contributed by atoms with Gasteiger partial charge in [0, 0.05) is 5.56 Å². The van der Waals surface area contributed by atoms with Crippen molar-refractivity contribution in [3.8, 4) is 11.5 Å². The fraction of sp³-hybridized carbons (Fsp3) is 0.429. The van der Waals surface area contributed by atoms with Crippen molar-refractivity contribution in [1.29, 1.82) is 0 Å². The van der Waals surface area contributed by atoms with Gasteiger partial charge in [-0.15, -0.1) is 0 Å². The molecule has 0 unspecified atom stereocenters. The highest BCUT2D eigenvalue weighted by Crippen LogP contribution is 2.27. The van der Waals surface area contributed by atoms with Crippen LogP contribution in [0.15, 0.2) is 23.8 Å². The van der Waals surface area contributed by atoms with Crippen molar-refractivity contribution in [2.45, 2.75) is 13.8 Å². The maximum absolute atomic E-state index is 9.31. The van der Waals surface area contributed by atoms with E-state index in [0.717, 1.165) is 22.6 Å². The maximum atomic E-state index is 9.31. The summed E-state index contributed by atoms with van der Waals surface area (Å²) in [6.45, 7) is 4.15. The van der Waals surface area contributed by atoms with Crippen LogP contribution in [0.25, 0.3) is 6.08 Å². The van der Waals surface area contributed by atoms with Crippen LogP contribution in [0.3, 0.4) is 0 Å². The Morgan fingerprint density at radius 2 is 2.00 bits per heavy atom. The van der Waals surface area contributed by atoms with E-state index in [1.807, 2.05) is 24.3 Å². The van der Waals surface area contributed by atoms with E-state index in [-0.39, 0.29) is 6.61 Å². The standard InChI is InChI=1S/C14H20O3/c1-10(2)12(9-15)7-11-8-13(16-3)5-6-14(11)17-4/h5-8,10,15H,9H2,1-4H3. The molecule has 0 aliphatic carbocycles. The highest BCUT2D eigenvalue weighted by molar-refractivity contribution is 5.62. The molecular formula is C14H20O3. The molecule has 3 nitrogen and oxygen atoms in total. The third kappa shape index (κ3) is 3.49. The van der Waals surface area contributed by atoms with Gasteiger partial charge in [-0.1, -0.05) is 13.8 Å². The highest BCUT2D eigenvalue weighted by atomic mass is 16.5. The van der Waals surface area contributed by atoms with Crippen molar-refractivity contribution in [1.82, 2.24) is 0 Å². The zero-order chi connectivity index (χ0) is 12.8. The molecule has 0 aliphatic rings. The fourth-order valence-electron chi connectivity index (χ4n) is 1.55. The first-order chi connectivity index (χ1) is 8.12. The Kier molecular flexibility index (Phi) is 5.04. The Hall–Kier alpha value is -1.48. The third-order valence-electron chi connectivity index (χ3n) is 2.70. The molecule has 1 N–H and O–H groups in total. The Morgan fingerprint density at radius 3 is 2.47 bits per heavy atom. The van der Waals surface area contributed by atoms with Gasteiger partial charge in [-0.25, -0.2) is 0 Å². The van der Waals surface area contributed by atoms with Crippen molar-refractivity contribution in [3.05, 3.63) is 29.3 Å². The molecule has 1 aromatic rings. The number of benzene rings is 1. The second-order valence-corrected chi connectivity index (χ2v) is 4.14. The van der Waals surface area contributed by atoms with Gasteiger partial charge in [-0.05, 0) is 35.8 Å². The number of rotatable bonds is 5. The Morgan fingerprint density at radius 1 is 1.29 bits per heavy atom. The molecule has 0 fully saturated rings. The minimum Gasteiger partial charge on any atom is -0.497 e. The summed E-state index contributed by atoms with van der Waals surface area (Å²) in [7, 11) is 3.26. The summed E-state index contributed by atoms with van der Waals surface area (Å²) in [6, 6.07) is 5.61. The van der Waals surface area contributed by atoms with Gasteiger partial charge < -0.3 is 14.6 Å². The number of hydrogen-bond acceptors (Lipinski definition) is 3. The molecule has 3 heteroatoms. The van der Waals surface area contributed by atoms with Gasteiger partial charge in [0.2, 0.25) is 0 Å². The van der Waals surface area contributed by atoms with E-state index in [1.165, 1.54) is 0 Å². The molecular weight excluding hydrogens is 216 g/mol. The maximum Gasteiger partial charge on any atom is 0.126 e. The van der Waals surface area contributed by atoms with E-state index in [2.05, 4.69) is 13.8 Å². The van der Waals surface area contributed by atoms with Crippen molar-refractivity contribution in [2.75, 3.05) is 20.8 Å². The van der Waals surface area contributed by atoms with Crippen molar-refractivity contribution >= 4 is 6.08 Å². The van der Waals surface area contributed by atoms with Crippen molar-refractivity contribution in [3.63, 3.8) is 0 Å². The van der Waals surface area contributed by atoms with E-state index in [0.29, 0.717) is 5.92 Å². The summed E-state index contributed by atoms with van der Waals surface area (Å²) in [5, 5.41) is 9.31. The zero-order valence-corrected chi connectivity index (χ0v) is 10.9. The molecule has 0 heterocycles. The summed E-state index contributed by atoms with van der Waals surface area (Å²) < 4.78 is 10.5. The van der Waals surface area contributed by atoms with Crippen LogP contribution in [-0.2, 0) is 0 Å². The van der Waals surface area contributed by atoms with Crippen LogP contribution in [0.1, 0.15) is 19.4 Å². The number of aliphatic hydroxyl groups is 1. The summed E-state index contributed by atoms with van der Waals surface area (Å²) in [4.78, 5) is 0. The molecule has 0 aromatic heterocycles. The molecule has 0 saturated heterocycles. The summed E-state index contributed by atoms with van der Waals surface area (Å²) >= 11 is 0. The lowest BCUT2D eigenvalue weighted by atomic mass is 10.0. The monoisotopic (exact) mass is 236 g/mol. The van der Waals surface area contributed by atoms with E-state index in [4.69, 9.17) is 9.47 Å². The van der Waals surface area contributed by atoms with Gasteiger partial charge in [0.25, 0.3) is 0 Å². The van der Waals surface area contributed by atoms with Gasteiger partial charge in [-0.3, -0.25) is 0 Å². The van der Waals surface area contributed by atoms with Crippen LogP contribution in [0, 0.1) is 5.92 Å². The largest absolute Gasteiger partial charge is 0.497 e. The number of methoxy groups -OCH3 is 2. The van der Waals surface area contributed by atoms with E-state index < -0.39 is 0 Å². The molecule has 0 amide bonds. The Bertz CT molecular complexity index is 394. The lowest BCUT2D eigenvalue weighted by Crippen LogP contribution is -1.99. The van der Waals surface area contributed by atoms with Crippen LogP contribution in [0.5, 0.6) is 11.5 Å². The summed E-state index contributed by atoms with van der Waals surface area (Å²) in [5.41, 5.74) is 1.89. The minimum atomic E-state index is 0.0536. The molecule has 1 rings (SSSR count). The first-order valence-electron chi connectivity index (χ1n) is 5.65. The smallest absolute Gasteiger partial charge is 0.126 e. The first kappa shape index (κ1) is 13.6. The first-order valence-corrected chi connectivity index (χ1v) is 5.65. The van der Waals surface area contributed by atoms with Crippen LogP contribution >= 0.6 is 0 Å². The zero-order valence-electron chi connectivity index (χ0n) is 10.9. The average molecular weight is 236 g/mol.